The molecule has 1 unspecified atom stereocenters. The molecule has 1 fully saturated rings. The van der Waals surface area contributed by atoms with Crippen LogP contribution in [0, 0.1) is 34.5 Å². The Morgan fingerprint density at radius 2 is 1.65 bits per heavy atom. The average molecular weight is 541 g/mol. The van der Waals surface area contributed by atoms with Gasteiger partial charge in [-0.15, -0.1) is 0 Å². The van der Waals surface area contributed by atoms with Crippen molar-refractivity contribution in [1.82, 2.24) is 0 Å². The molecule has 2 aromatic rings. The summed E-state index contributed by atoms with van der Waals surface area (Å²) < 4.78 is 0. The Morgan fingerprint density at radius 1 is 1.00 bits per heavy atom. The zero-order valence-corrected chi connectivity index (χ0v) is 23.1. The number of allylic oxidation sites excluding steroid dienone is 1. The second-order valence-electron chi connectivity index (χ2n) is 12.1. The molecule has 1 saturated carbocycles. The normalized spacial score (nSPS) is 29.4. The third kappa shape index (κ3) is 3.52. The Morgan fingerprint density at radius 3 is 2.25 bits per heavy atom. The maximum Gasteiger partial charge on any atom is 0.203 e. The summed E-state index contributed by atoms with van der Waals surface area (Å²) in [7, 11) is 0. The van der Waals surface area contributed by atoms with Crippen LogP contribution in [0.5, 0.6) is 5.75 Å². The molecule has 206 valence electrons. The van der Waals surface area contributed by atoms with E-state index in [1.165, 1.54) is 0 Å². The van der Waals surface area contributed by atoms with Crippen LogP contribution in [0.25, 0.3) is 5.76 Å². The highest BCUT2D eigenvalue weighted by atomic mass is 16.3. The lowest BCUT2D eigenvalue weighted by molar-refractivity contribution is -0.178. The van der Waals surface area contributed by atoms with E-state index in [4.69, 9.17) is 0 Å². The number of rotatable bonds is 2. The lowest BCUT2D eigenvalue weighted by atomic mass is 9.43. The van der Waals surface area contributed by atoms with Gasteiger partial charge in [-0.3, -0.25) is 14.4 Å². The summed E-state index contributed by atoms with van der Waals surface area (Å²) >= 11 is 0. The van der Waals surface area contributed by atoms with Crippen molar-refractivity contribution in [3.8, 4) is 17.6 Å². The number of benzene rings is 2. The Kier molecular flexibility index (Phi) is 6.12. The summed E-state index contributed by atoms with van der Waals surface area (Å²) in [6.45, 7) is 8.02. The van der Waals surface area contributed by atoms with Crippen molar-refractivity contribution in [2.75, 3.05) is 0 Å². The zero-order valence-electron chi connectivity index (χ0n) is 23.1. The van der Waals surface area contributed by atoms with Crippen molar-refractivity contribution in [2.45, 2.75) is 53.1 Å². The van der Waals surface area contributed by atoms with Crippen LogP contribution in [0.3, 0.4) is 0 Å². The number of fused-ring (bicyclic) bond motifs is 3. The van der Waals surface area contributed by atoms with Gasteiger partial charge in [0.2, 0.25) is 5.78 Å². The molecule has 0 saturated heterocycles. The van der Waals surface area contributed by atoms with Gasteiger partial charge in [0.1, 0.15) is 22.8 Å². The number of hydrogen-bond donors (Lipinski definition) is 4. The first-order valence-electron chi connectivity index (χ1n) is 13.3. The number of carbonyl (C=O) groups is 3. The number of aromatic hydroxyl groups is 1. The fourth-order valence-corrected chi connectivity index (χ4v) is 7.47. The number of aliphatic hydroxyl groups excluding tert-OH is 2. The highest BCUT2D eigenvalue weighted by Crippen LogP contribution is 2.65. The van der Waals surface area contributed by atoms with Gasteiger partial charge in [0.05, 0.1) is 11.1 Å². The van der Waals surface area contributed by atoms with Crippen molar-refractivity contribution in [3.05, 3.63) is 81.6 Å². The number of Topliss-reactive ketones (excluding diaryl/α,β-unsaturated/α-hetero) is 3. The monoisotopic (exact) mass is 540 g/mol. The van der Waals surface area contributed by atoms with Crippen LogP contribution in [0.2, 0.25) is 0 Å². The number of aliphatic hydroxyl groups is 3. The molecule has 0 spiro atoms. The molecule has 0 aliphatic heterocycles. The fourth-order valence-electron chi connectivity index (χ4n) is 7.47. The minimum atomic E-state index is -2.63. The Labute approximate surface area is 232 Å². The van der Waals surface area contributed by atoms with E-state index in [9.17, 15) is 34.8 Å². The first-order valence-corrected chi connectivity index (χ1v) is 13.3. The Bertz CT molecular complexity index is 1620. The summed E-state index contributed by atoms with van der Waals surface area (Å²) in [5.41, 5.74) is -4.29. The molecule has 3 aliphatic carbocycles. The van der Waals surface area contributed by atoms with Crippen LogP contribution in [0.15, 0.2) is 59.4 Å². The molecule has 0 heterocycles. The van der Waals surface area contributed by atoms with Gasteiger partial charge in [0, 0.05) is 27.9 Å². The first kappa shape index (κ1) is 27.4. The van der Waals surface area contributed by atoms with Crippen LogP contribution in [-0.2, 0) is 20.8 Å². The van der Waals surface area contributed by atoms with Crippen molar-refractivity contribution in [3.63, 3.8) is 0 Å². The van der Waals surface area contributed by atoms with E-state index in [-0.39, 0.29) is 41.2 Å². The third-order valence-electron chi connectivity index (χ3n) is 8.99. The van der Waals surface area contributed by atoms with Crippen molar-refractivity contribution in [2.24, 2.45) is 22.7 Å². The van der Waals surface area contributed by atoms with Gasteiger partial charge in [-0.2, -0.15) is 0 Å². The molecule has 3 aliphatic rings. The predicted molar refractivity (Wildman–Crippen MR) is 148 cm³/mol. The molecule has 7 heteroatoms. The summed E-state index contributed by atoms with van der Waals surface area (Å²) in [4.78, 5) is 40.3. The minimum absolute atomic E-state index is 0.0374. The van der Waals surface area contributed by atoms with E-state index in [0.717, 1.165) is 12.5 Å². The number of ketones is 3. The molecule has 4 atom stereocenters. The molecule has 4 N–H and O–H groups in total. The second-order valence-corrected chi connectivity index (χ2v) is 12.1. The summed E-state index contributed by atoms with van der Waals surface area (Å²) in [6.07, 6.45) is 0.281. The molecule has 5 rings (SSSR count). The van der Waals surface area contributed by atoms with Crippen LogP contribution >= 0.6 is 0 Å². The van der Waals surface area contributed by atoms with E-state index in [0.29, 0.717) is 5.56 Å². The lowest BCUT2D eigenvalue weighted by Crippen LogP contribution is -2.69. The quantitative estimate of drug-likeness (QED) is 0.324. The highest BCUT2D eigenvalue weighted by Gasteiger charge is 2.72. The third-order valence-corrected chi connectivity index (χ3v) is 8.99. The molecular formula is C33H32O7. The molecule has 40 heavy (non-hydrogen) atoms. The van der Waals surface area contributed by atoms with Crippen LogP contribution in [0.4, 0.5) is 0 Å². The van der Waals surface area contributed by atoms with Gasteiger partial charge < -0.3 is 20.4 Å². The fraction of sp³-hybridized carbons (Fsp3) is 0.364. The molecule has 0 amide bonds. The second kappa shape index (κ2) is 8.94. The first-order chi connectivity index (χ1) is 18.7. The molecule has 0 aromatic heterocycles. The van der Waals surface area contributed by atoms with Crippen molar-refractivity contribution in [1.29, 1.82) is 0 Å². The molecule has 0 radical (unpaired) electrons. The Hall–Kier alpha value is -4.15. The SMILES string of the molecule is CC(=O)C1=C(O)[C@]2(O)C(=O)C3=C(O)c4c(ccc(C#Cc5ccccc5)c4O)C[C@]3(C)C[C@]2(C)C(C(C)C)C1=O. The maximum atomic E-state index is 14.3. The number of hydrogen-bond acceptors (Lipinski definition) is 7. The van der Waals surface area contributed by atoms with E-state index in [1.807, 2.05) is 30.3 Å². The van der Waals surface area contributed by atoms with E-state index >= 15 is 0 Å². The van der Waals surface area contributed by atoms with Gasteiger partial charge >= 0.3 is 0 Å². The number of phenols is 1. The smallest absolute Gasteiger partial charge is 0.203 e. The predicted octanol–water partition coefficient (Wildman–Crippen LogP) is 4.59. The standard InChI is InChI=1S/C33H32O7/c1-17(2)24-27(36)22(18(3)34)29(38)33(40)30(39)25-28(37)23-21(15-31(25,4)16-32(24,33)5)14-13-20(26(23)35)12-11-19-9-7-6-8-10-19/h6-10,13-14,17,24,35,37-38,40H,15-16H2,1-5H3/t24?,31-,32-,33+/m1/s1. The van der Waals surface area contributed by atoms with Gasteiger partial charge in [0.15, 0.2) is 17.2 Å². The Balaban J connectivity index is 1.74. The lowest BCUT2D eigenvalue weighted by Gasteiger charge is -2.59. The maximum absolute atomic E-state index is 14.3. The van der Waals surface area contributed by atoms with Gasteiger partial charge in [-0.1, -0.05) is 63.8 Å². The van der Waals surface area contributed by atoms with E-state index in [1.54, 1.807) is 39.8 Å². The molecule has 7 nitrogen and oxygen atoms in total. The largest absolute Gasteiger partial charge is 0.508 e. The summed E-state index contributed by atoms with van der Waals surface area (Å²) in [5.74, 6) is 0.434. The molecule has 0 bridgehead atoms. The van der Waals surface area contributed by atoms with Gasteiger partial charge in [-0.05, 0) is 49.4 Å². The van der Waals surface area contributed by atoms with Crippen molar-refractivity contribution < 1.29 is 34.8 Å². The zero-order chi connectivity index (χ0) is 29.4. The average Bonchev–Trinajstić information content (AvgIpc) is 2.86. The van der Waals surface area contributed by atoms with Crippen LogP contribution in [0.1, 0.15) is 63.3 Å². The number of carbonyl (C=O) groups excluding carboxylic acids is 3. The highest BCUT2D eigenvalue weighted by molar-refractivity contribution is 6.24. The van der Waals surface area contributed by atoms with Crippen LogP contribution in [-0.4, -0.2) is 43.4 Å². The summed E-state index contributed by atoms with van der Waals surface area (Å²) in [6, 6.07) is 12.6. The van der Waals surface area contributed by atoms with Gasteiger partial charge in [0.25, 0.3) is 0 Å². The van der Waals surface area contributed by atoms with Crippen molar-refractivity contribution >= 4 is 23.1 Å². The summed E-state index contributed by atoms with van der Waals surface area (Å²) in [5, 5.41) is 46.1. The number of phenolic OH excluding ortho intramolecular Hbond substituents is 1. The van der Waals surface area contributed by atoms with E-state index < -0.39 is 56.8 Å². The van der Waals surface area contributed by atoms with E-state index in [2.05, 4.69) is 11.8 Å². The minimum Gasteiger partial charge on any atom is -0.508 e. The van der Waals surface area contributed by atoms with Crippen LogP contribution < -0.4 is 0 Å². The topological polar surface area (TPSA) is 132 Å². The molecular weight excluding hydrogens is 508 g/mol. The van der Waals surface area contributed by atoms with Gasteiger partial charge in [-0.25, -0.2) is 0 Å². The molecule has 2 aromatic carbocycles.